The van der Waals surface area contributed by atoms with Gasteiger partial charge in [0.05, 0.1) is 11.6 Å². The van der Waals surface area contributed by atoms with E-state index in [4.69, 9.17) is 0 Å². The highest BCUT2D eigenvalue weighted by Gasteiger charge is 2.12. The standard InChI is InChI=1S/C12H13N5S/c1-7-5-14-17(6-7)10-9-4-8(2)18-11(9)16-12(13-3)15-10/h4-6H,1-3H3,(H,13,15,16). The number of fused-ring (bicyclic) bond motifs is 1. The summed E-state index contributed by atoms with van der Waals surface area (Å²) in [6.45, 7) is 4.09. The number of hydrogen-bond acceptors (Lipinski definition) is 5. The Balaban J connectivity index is 2.31. The first-order chi connectivity index (χ1) is 8.67. The van der Waals surface area contributed by atoms with Crippen molar-refractivity contribution in [3.63, 3.8) is 0 Å². The van der Waals surface area contributed by atoms with Gasteiger partial charge >= 0.3 is 0 Å². The van der Waals surface area contributed by atoms with Crippen molar-refractivity contribution in [3.05, 3.63) is 28.9 Å². The van der Waals surface area contributed by atoms with E-state index in [-0.39, 0.29) is 0 Å². The van der Waals surface area contributed by atoms with E-state index in [1.54, 1.807) is 16.0 Å². The van der Waals surface area contributed by atoms with Crippen LogP contribution in [0.2, 0.25) is 0 Å². The number of anilines is 1. The molecule has 0 aliphatic carbocycles. The van der Waals surface area contributed by atoms with Gasteiger partial charge in [-0.25, -0.2) is 9.67 Å². The van der Waals surface area contributed by atoms with Crippen molar-refractivity contribution in [2.75, 3.05) is 12.4 Å². The second kappa shape index (κ2) is 4.06. The van der Waals surface area contributed by atoms with Crippen molar-refractivity contribution in [2.45, 2.75) is 13.8 Å². The van der Waals surface area contributed by atoms with E-state index in [2.05, 4.69) is 33.4 Å². The molecular formula is C12H13N5S. The number of hydrogen-bond donors (Lipinski definition) is 1. The van der Waals surface area contributed by atoms with Crippen molar-refractivity contribution in [2.24, 2.45) is 0 Å². The molecule has 0 unspecified atom stereocenters. The third kappa shape index (κ3) is 1.74. The van der Waals surface area contributed by atoms with Crippen LogP contribution in [0.4, 0.5) is 5.95 Å². The second-order valence-electron chi connectivity index (χ2n) is 4.16. The molecule has 5 nitrogen and oxygen atoms in total. The maximum atomic E-state index is 4.50. The third-order valence-electron chi connectivity index (χ3n) is 2.65. The summed E-state index contributed by atoms with van der Waals surface area (Å²) in [5.74, 6) is 1.44. The van der Waals surface area contributed by atoms with Gasteiger partial charge in [0.25, 0.3) is 0 Å². The monoisotopic (exact) mass is 259 g/mol. The SMILES string of the molecule is CNc1nc(-n2cc(C)cn2)c2cc(C)sc2n1. The number of aromatic nitrogens is 4. The van der Waals surface area contributed by atoms with Crippen LogP contribution in [0.5, 0.6) is 0 Å². The van der Waals surface area contributed by atoms with Crippen LogP contribution in [0, 0.1) is 13.8 Å². The van der Waals surface area contributed by atoms with E-state index >= 15 is 0 Å². The number of nitrogens with zero attached hydrogens (tertiary/aromatic N) is 4. The summed E-state index contributed by atoms with van der Waals surface area (Å²) in [7, 11) is 1.82. The molecule has 3 rings (SSSR count). The Kier molecular flexibility index (Phi) is 2.52. The van der Waals surface area contributed by atoms with Crippen molar-refractivity contribution >= 4 is 27.5 Å². The van der Waals surface area contributed by atoms with Gasteiger partial charge in [0.15, 0.2) is 5.82 Å². The fourth-order valence-corrected chi connectivity index (χ4v) is 2.72. The molecule has 6 heteroatoms. The average molecular weight is 259 g/mol. The zero-order chi connectivity index (χ0) is 12.7. The predicted octanol–water partition coefficient (Wildman–Crippen LogP) is 2.54. The van der Waals surface area contributed by atoms with Crippen LogP contribution in [-0.2, 0) is 0 Å². The van der Waals surface area contributed by atoms with Crippen LogP contribution >= 0.6 is 11.3 Å². The molecule has 92 valence electrons. The minimum Gasteiger partial charge on any atom is -0.357 e. The Bertz CT molecular complexity index is 712. The molecular weight excluding hydrogens is 246 g/mol. The Labute approximate surface area is 109 Å². The van der Waals surface area contributed by atoms with Crippen LogP contribution in [0.3, 0.4) is 0 Å². The van der Waals surface area contributed by atoms with Gasteiger partial charge in [-0.15, -0.1) is 11.3 Å². The molecule has 1 N–H and O–H groups in total. The second-order valence-corrected chi connectivity index (χ2v) is 5.39. The first-order valence-corrected chi connectivity index (χ1v) is 6.46. The van der Waals surface area contributed by atoms with Gasteiger partial charge in [0, 0.05) is 18.1 Å². The number of rotatable bonds is 2. The molecule has 0 radical (unpaired) electrons. The molecule has 0 saturated heterocycles. The van der Waals surface area contributed by atoms with E-state index < -0.39 is 0 Å². The smallest absolute Gasteiger partial charge is 0.225 e. The van der Waals surface area contributed by atoms with E-state index in [1.165, 1.54) is 4.88 Å². The highest BCUT2D eigenvalue weighted by molar-refractivity contribution is 7.18. The molecule has 3 aromatic heterocycles. The molecule has 0 aliphatic rings. The van der Waals surface area contributed by atoms with Gasteiger partial charge in [-0.2, -0.15) is 10.1 Å². The van der Waals surface area contributed by atoms with Gasteiger partial charge in [-0.3, -0.25) is 0 Å². The highest BCUT2D eigenvalue weighted by atomic mass is 32.1. The van der Waals surface area contributed by atoms with Gasteiger partial charge in [-0.1, -0.05) is 0 Å². The fourth-order valence-electron chi connectivity index (χ4n) is 1.84. The van der Waals surface area contributed by atoms with Crippen LogP contribution in [-0.4, -0.2) is 26.8 Å². The normalized spacial score (nSPS) is 11.1. The number of aryl methyl sites for hydroxylation is 2. The molecule has 0 aliphatic heterocycles. The van der Waals surface area contributed by atoms with Crippen molar-refractivity contribution < 1.29 is 0 Å². The van der Waals surface area contributed by atoms with Crippen molar-refractivity contribution in [1.82, 2.24) is 19.7 Å². The van der Waals surface area contributed by atoms with Crippen LogP contribution < -0.4 is 5.32 Å². The number of thiophene rings is 1. The Morgan fingerprint density at radius 3 is 2.78 bits per heavy atom. The van der Waals surface area contributed by atoms with Gasteiger partial charge in [0.2, 0.25) is 5.95 Å². The summed E-state index contributed by atoms with van der Waals surface area (Å²) in [4.78, 5) is 11.2. The molecule has 0 spiro atoms. The first kappa shape index (κ1) is 11.2. The Morgan fingerprint density at radius 2 is 2.11 bits per heavy atom. The largest absolute Gasteiger partial charge is 0.357 e. The van der Waals surface area contributed by atoms with E-state index in [9.17, 15) is 0 Å². The predicted molar refractivity (Wildman–Crippen MR) is 73.6 cm³/mol. The zero-order valence-corrected chi connectivity index (χ0v) is 11.2. The summed E-state index contributed by atoms with van der Waals surface area (Å²) < 4.78 is 1.80. The summed E-state index contributed by atoms with van der Waals surface area (Å²) in [6.07, 6.45) is 3.79. The molecule has 0 bridgehead atoms. The lowest BCUT2D eigenvalue weighted by Crippen LogP contribution is -2.03. The van der Waals surface area contributed by atoms with Crippen molar-refractivity contribution in [3.8, 4) is 5.82 Å². The maximum absolute atomic E-state index is 4.50. The molecule has 0 amide bonds. The maximum Gasteiger partial charge on any atom is 0.225 e. The highest BCUT2D eigenvalue weighted by Crippen LogP contribution is 2.28. The van der Waals surface area contributed by atoms with Gasteiger partial charge in [-0.05, 0) is 25.5 Å². The number of nitrogens with one attached hydrogen (secondary N) is 1. The molecule has 0 aromatic carbocycles. The lowest BCUT2D eigenvalue weighted by atomic mass is 10.3. The van der Waals surface area contributed by atoms with Gasteiger partial charge in [0.1, 0.15) is 4.83 Å². The minimum absolute atomic E-state index is 0.618. The summed E-state index contributed by atoms with van der Waals surface area (Å²) in [5, 5.41) is 8.35. The first-order valence-electron chi connectivity index (χ1n) is 5.65. The lowest BCUT2D eigenvalue weighted by molar-refractivity contribution is 0.852. The Morgan fingerprint density at radius 1 is 1.28 bits per heavy atom. The van der Waals surface area contributed by atoms with Crippen LogP contribution in [0.1, 0.15) is 10.4 Å². The summed E-state index contributed by atoms with van der Waals surface area (Å²) in [5.41, 5.74) is 1.11. The summed E-state index contributed by atoms with van der Waals surface area (Å²) in [6, 6.07) is 2.10. The van der Waals surface area contributed by atoms with Gasteiger partial charge < -0.3 is 5.32 Å². The Hall–Kier alpha value is -1.95. The van der Waals surface area contributed by atoms with Crippen LogP contribution in [0.25, 0.3) is 16.0 Å². The molecule has 3 aromatic rings. The van der Waals surface area contributed by atoms with E-state index in [0.29, 0.717) is 5.95 Å². The molecule has 0 atom stereocenters. The minimum atomic E-state index is 0.618. The van der Waals surface area contributed by atoms with Crippen LogP contribution in [0.15, 0.2) is 18.5 Å². The molecule has 18 heavy (non-hydrogen) atoms. The molecule has 0 fully saturated rings. The molecule has 3 heterocycles. The summed E-state index contributed by atoms with van der Waals surface area (Å²) >= 11 is 1.67. The topological polar surface area (TPSA) is 55.6 Å². The quantitative estimate of drug-likeness (QED) is 0.768. The zero-order valence-electron chi connectivity index (χ0n) is 10.4. The van der Waals surface area contributed by atoms with Crippen molar-refractivity contribution in [1.29, 1.82) is 0 Å². The fraction of sp³-hybridized carbons (Fsp3) is 0.250. The molecule has 0 saturated carbocycles. The average Bonchev–Trinajstić information content (AvgIpc) is 2.92. The van der Waals surface area contributed by atoms with E-state index in [0.717, 1.165) is 21.6 Å². The van der Waals surface area contributed by atoms with E-state index in [1.807, 2.05) is 26.4 Å². The third-order valence-corrected chi connectivity index (χ3v) is 3.59. The lowest BCUT2D eigenvalue weighted by Gasteiger charge is -2.04.